The van der Waals surface area contributed by atoms with Crippen molar-refractivity contribution in [3.63, 3.8) is 0 Å². The van der Waals surface area contributed by atoms with Crippen LogP contribution in [0.5, 0.6) is 11.5 Å². The van der Waals surface area contributed by atoms with E-state index < -0.39 is 0 Å². The van der Waals surface area contributed by atoms with E-state index in [4.69, 9.17) is 14.2 Å². The fourth-order valence-electron chi connectivity index (χ4n) is 2.51. The van der Waals surface area contributed by atoms with Gasteiger partial charge in [0.15, 0.2) is 0 Å². The molecule has 0 N–H and O–H groups in total. The molecule has 2 aromatic rings. The van der Waals surface area contributed by atoms with Crippen LogP contribution in [-0.4, -0.2) is 20.3 Å². The van der Waals surface area contributed by atoms with Crippen LogP contribution in [0.1, 0.15) is 17.2 Å². The second kappa shape index (κ2) is 6.50. The zero-order valence-corrected chi connectivity index (χ0v) is 13.4. The van der Waals surface area contributed by atoms with E-state index in [-0.39, 0.29) is 6.10 Å². The van der Waals surface area contributed by atoms with E-state index in [0.717, 1.165) is 29.0 Å². The first kappa shape index (κ1) is 14.4. The van der Waals surface area contributed by atoms with Crippen molar-refractivity contribution in [2.75, 3.05) is 20.3 Å². The van der Waals surface area contributed by atoms with Crippen molar-refractivity contribution in [3.8, 4) is 11.5 Å². The molecule has 0 aliphatic carbocycles. The SMILES string of the molecule is COc1ccc(OCC2OCCc3ccccc32)c(Br)c1. The van der Waals surface area contributed by atoms with E-state index in [1.54, 1.807) is 7.11 Å². The van der Waals surface area contributed by atoms with Crippen LogP contribution in [0.3, 0.4) is 0 Å². The Balaban J connectivity index is 1.71. The highest BCUT2D eigenvalue weighted by atomic mass is 79.9. The lowest BCUT2D eigenvalue weighted by Crippen LogP contribution is -2.21. The molecule has 1 heterocycles. The van der Waals surface area contributed by atoms with Gasteiger partial charge in [-0.1, -0.05) is 24.3 Å². The van der Waals surface area contributed by atoms with E-state index in [0.29, 0.717) is 6.61 Å². The molecule has 0 bridgehead atoms. The van der Waals surface area contributed by atoms with Gasteiger partial charge >= 0.3 is 0 Å². The zero-order chi connectivity index (χ0) is 14.7. The molecule has 0 radical (unpaired) electrons. The summed E-state index contributed by atoms with van der Waals surface area (Å²) in [6.07, 6.45) is 0.961. The topological polar surface area (TPSA) is 27.7 Å². The summed E-state index contributed by atoms with van der Waals surface area (Å²) in [6.45, 7) is 1.25. The van der Waals surface area contributed by atoms with Crippen LogP contribution in [0.4, 0.5) is 0 Å². The second-order valence-electron chi connectivity index (χ2n) is 4.92. The van der Waals surface area contributed by atoms with Crippen LogP contribution >= 0.6 is 15.9 Å². The van der Waals surface area contributed by atoms with E-state index in [2.05, 4.69) is 34.1 Å². The summed E-state index contributed by atoms with van der Waals surface area (Å²) < 4.78 is 17.8. The number of ether oxygens (including phenoxy) is 3. The summed E-state index contributed by atoms with van der Waals surface area (Å²) in [7, 11) is 1.65. The first-order valence-electron chi connectivity index (χ1n) is 6.93. The number of fused-ring (bicyclic) bond motifs is 1. The van der Waals surface area contributed by atoms with Gasteiger partial charge in [0.05, 0.1) is 18.2 Å². The molecule has 0 spiro atoms. The van der Waals surface area contributed by atoms with Crippen molar-refractivity contribution < 1.29 is 14.2 Å². The van der Waals surface area contributed by atoms with Gasteiger partial charge in [-0.05, 0) is 51.7 Å². The first-order chi connectivity index (χ1) is 10.3. The average Bonchev–Trinajstić information content (AvgIpc) is 2.53. The van der Waals surface area contributed by atoms with E-state index in [1.165, 1.54) is 11.1 Å². The number of benzene rings is 2. The van der Waals surface area contributed by atoms with Crippen LogP contribution in [0.15, 0.2) is 46.9 Å². The van der Waals surface area contributed by atoms with Crippen LogP contribution < -0.4 is 9.47 Å². The molecule has 0 saturated carbocycles. The van der Waals surface area contributed by atoms with Crippen LogP contribution in [-0.2, 0) is 11.2 Å². The van der Waals surface area contributed by atoms with Crippen molar-refractivity contribution in [2.45, 2.75) is 12.5 Å². The van der Waals surface area contributed by atoms with Crippen molar-refractivity contribution >= 4 is 15.9 Å². The van der Waals surface area contributed by atoms with Gasteiger partial charge in [0.2, 0.25) is 0 Å². The molecule has 1 aliphatic rings. The normalized spacial score (nSPS) is 17.1. The van der Waals surface area contributed by atoms with Crippen LogP contribution in [0.25, 0.3) is 0 Å². The Hall–Kier alpha value is -1.52. The van der Waals surface area contributed by atoms with Crippen LogP contribution in [0, 0.1) is 0 Å². The summed E-state index contributed by atoms with van der Waals surface area (Å²) in [5, 5.41) is 0. The summed E-state index contributed by atoms with van der Waals surface area (Å²) in [5.41, 5.74) is 2.58. The quantitative estimate of drug-likeness (QED) is 0.830. The van der Waals surface area contributed by atoms with Gasteiger partial charge in [0.25, 0.3) is 0 Å². The summed E-state index contributed by atoms with van der Waals surface area (Å²) in [4.78, 5) is 0. The lowest BCUT2D eigenvalue weighted by molar-refractivity contribution is 0.0100. The van der Waals surface area contributed by atoms with Gasteiger partial charge in [-0.3, -0.25) is 0 Å². The summed E-state index contributed by atoms with van der Waals surface area (Å²) >= 11 is 3.50. The molecule has 21 heavy (non-hydrogen) atoms. The molecular formula is C17H17BrO3. The predicted octanol–water partition coefficient (Wildman–Crippen LogP) is 4.15. The third-order valence-electron chi connectivity index (χ3n) is 3.62. The molecule has 4 heteroatoms. The molecule has 3 rings (SSSR count). The van der Waals surface area contributed by atoms with Crippen molar-refractivity contribution in [2.24, 2.45) is 0 Å². The number of methoxy groups -OCH3 is 1. The maximum absolute atomic E-state index is 5.91. The Bertz CT molecular complexity index is 627. The highest BCUT2D eigenvalue weighted by Crippen LogP contribution is 2.32. The molecule has 1 unspecified atom stereocenters. The lowest BCUT2D eigenvalue weighted by Gasteiger charge is -2.26. The van der Waals surface area contributed by atoms with E-state index in [1.807, 2.05) is 24.3 Å². The molecular weight excluding hydrogens is 332 g/mol. The number of rotatable bonds is 4. The minimum Gasteiger partial charge on any atom is -0.497 e. The molecule has 0 saturated heterocycles. The van der Waals surface area contributed by atoms with Gasteiger partial charge in [-0.15, -0.1) is 0 Å². The van der Waals surface area contributed by atoms with Gasteiger partial charge in [-0.25, -0.2) is 0 Å². The van der Waals surface area contributed by atoms with Gasteiger partial charge in [0, 0.05) is 0 Å². The Morgan fingerprint density at radius 3 is 2.90 bits per heavy atom. The predicted molar refractivity (Wildman–Crippen MR) is 85.0 cm³/mol. The third kappa shape index (κ3) is 3.22. The Morgan fingerprint density at radius 1 is 1.24 bits per heavy atom. The second-order valence-corrected chi connectivity index (χ2v) is 5.77. The standard InChI is InChI=1S/C17H17BrO3/c1-19-13-6-7-16(15(18)10-13)21-11-17-14-5-3-2-4-12(14)8-9-20-17/h2-7,10,17H,8-9,11H2,1H3. The minimum absolute atomic E-state index is 0.0102. The zero-order valence-electron chi connectivity index (χ0n) is 11.8. The fraction of sp³-hybridized carbons (Fsp3) is 0.294. The Kier molecular flexibility index (Phi) is 4.46. The fourth-order valence-corrected chi connectivity index (χ4v) is 2.98. The van der Waals surface area contributed by atoms with Crippen molar-refractivity contribution in [3.05, 3.63) is 58.1 Å². The van der Waals surface area contributed by atoms with Gasteiger partial charge < -0.3 is 14.2 Å². The maximum Gasteiger partial charge on any atom is 0.133 e. The molecule has 0 aromatic heterocycles. The molecule has 2 aromatic carbocycles. The number of hydrogen-bond acceptors (Lipinski definition) is 3. The Labute approximate surface area is 133 Å². The smallest absolute Gasteiger partial charge is 0.133 e. The molecule has 1 atom stereocenters. The highest BCUT2D eigenvalue weighted by molar-refractivity contribution is 9.10. The Morgan fingerprint density at radius 2 is 2.10 bits per heavy atom. The molecule has 3 nitrogen and oxygen atoms in total. The molecule has 0 fully saturated rings. The summed E-state index contributed by atoms with van der Waals surface area (Å²) in [6, 6.07) is 14.1. The highest BCUT2D eigenvalue weighted by Gasteiger charge is 2.21. The largest absolute Gasteiger partial charge is 0.497 e. The minimum atomic E-state index is -0.0102. The molecule has 0 amide bonds. The third-order valence-corrected chi connectivity index (χ3v) is 4.24. The average molecular weight is 349 g/mol. The van der Waals surface area contributed by atoms with E-state index >= 15 is 0 Å². The van der Waals surface area contributed by atoms with Crippen molar-refractivity contribution in [1.82, 2.24) is 0 Å². The first-order valence-corrected chi connectivity index (χ1v) is 7.73. The number of halogens is 1. The van der Waals surface area contributed by atoms with Crippen LogP contribution in [0.2, 0.25) is 0 Å². The van der Waals surface area contributed by atoms with Gasteiger partial charge in [0.1, 0.15) is 24.2 Å². The van der Waals surface area contributed by atoms with Gasteiger partial charge in [-0.2, -0.15) is 0 Å². The van der Waals surface area contributed by atoms with Crippen molar-refractivity contribution in [1.29, 1.82) is 0 Å². The molecule has 1 aliphatic heterocycles. The summed E-state index contributed by atoms with van der Waals surface area (Å²) in [5.74, 6) is 1.59. The maximum atomic E-state index is 5.91. The van der Waals surface area contributed by atoms with E-state index in [9.17, 15) is 0 Å². The lowest BCUT2D eigenvalue weighted by atomic mass is 9.98. The molecule has 110 valence electrons. The number of hydrogen-bond donors (Lipinski definition) is 0. The monoisotopic (exact) mass is 348 g/mol.